The Hall–Kier alpha value is -2.55. The third kappa shape index (κ3) is 4.01. The standard InChI is InChI=1S/C14H17N5O3S/c1-3-4-5-13-16-17-14(23)18(13)15-9-10-6-7-12(22-2)11(8-10)19(20)21/h6-9H,3-5H2,1-2H3,(H,17,23)/b15-9+. The summed E-state index contributed by atoms with van der Waals surface area (Å²) in [7, 11) is 1.39. The lowest BCUT2D eigenvalue weighted by atomic mass is 10.2. The fraction of sp³-hybridized carbons (Fsp3) is 0.357. The van der Waals surface area contributed by atoms with Crippen molar-refractivity contribution in [2.45, 2.75) is 26.2 Å². The van der Waals surface area contributed by atoms with Gasteiger partial charge in [-0.1, -0.05) is 13.3 Å². The van der Waals surface area contributed by atoms with E-state index in [0.29, 0.717) is 10.3 Å². The van der Waals surface area contributed by atoms with Crippen LogP contribution in [0.4, 0.5) is 5.69 Å². The maximum Gasteiger partial charge on any atom is 0.311 e. The molecule has 1 aromatic heterocycles. The second kappa shape index (κ2) is 7.63. The van der Waals surface area contributed by atoms with Gasteiger partial charge in [0.2, 0.25) is 4.77 Å². The second-order valence-corrected chi connectivity index (χ2v) is 5.18. The van der Waals surface area contributed by atoms with Crippen molar-refractivity contribution in [1.29, 1.82) is 0 Å². The molecule has 0 aliphatic rings. The maximum atomic E-state index is 11.0. The van der Waals surface area contributed by atoms with Crippen LogP contribution in [0.2, 0.25) is 0 Å². The van der Waals surface area contributed by atoms with Crippen LogP contribution in [0, 0.1) is 14.9 Å². The zero-order valence-electron chi connectivity index (χ0n) is 12.9. The molecule has 0 amide bonds. The number of methoxy groups -OCH3 is 1. The molecule has 0 unspecified atom stereocenters. The van der Waals surface area contributed by atoms with Crippen LogP contribution < -0.4 is 4.74 Å². The molecule has 0 aliphatic carbocycles. The molecule has 9 heteroatoms. The van der Waals surface area contributed by atoms with Crippen LogP contribution in [0.15, 0.2) is 23.3 Å². The summed E-state index contributed by atoms with van der Waals surface area (Å²) in [6.45, 7) is 2.09. The fourth-order valence-corrected chi connectivity index (χ4v) is 2.19. The third-order valence-corrected chi connectivity index (χ3v) is 3.46. The number of hydrogen-bond donors (Lipinski definition) is 1. The number of aromatic amines is 1. The van der Waals surface area contributed by atoms with Gasteiger partial charge in [0, 0.05) is 18.1 Å². The van der Waals surface area contributed by atoms with Crippen LogP contribution in [0.1, 0.15) is 31.2 Å². The minimum absolute atomic E-state index is 0.113. The van der Waals surface area contributed by atoms with Gasteiger partial charge in [-0.05, 0) is 30.8 Å². The van der Waals surface area contributed by atoms with Crippen LogP contribution in [0.3, 0.4) is 0 Å². The first-order valence-electron chi connectivity index (χ1n) is 7.10. The molecule has 0 fully saturated rings. The molecule has 0 saturated carbocycles. The topological polar surface area (TPSA) is 98.3 Å². The molecule has 0 radical (unpaired) electrons. The molecule has 23 heavy (non-hydrogen) atoms. The summed E-state index contributed by atoms with van der Waals surface area (Å²) >= 11 is 5.15. The van der Waals surface area contributed by atoms with Crippen molar-refractivity contribution in [1.82, 2.24) is 14.9 Å². The van der Waals surface area contributed by atoms with Crippen LogP contribution in [0.5, 0.6) is 5.75 Å². The Balaban J connectivity index is 2.30. The summed E-state index contributed by atoms with van der Waals surface area (Å²) in [5.41, 5.74) is 0.459. The van der Waals surface area contributed by atoms with Gasteiger partial charge < -0.3 is 4.74 Å². The monoisotopic (exact) mass is 335 g/mol. The quantitative estimate of drug-likeness (QED) is 0.363. The van der Waals surface area contributed by atoms with Crippen molar-refractivity contribution in [3.05, 3.63) is 44.5 Å². The first kappa shape index (κ1) is 16.8. The van der Waals surface area contributed by atoms with E-state index in [1.165, 1.54) is 30.1 Å². The molecule has 1 aromatic carbocycles. The number of nitro benzene ring substituents is 1. The Bertz CT molecular complexity index is 781. The smallest absolute Gasteiger partial charge is 0.311 e. The van der Waals surface area contributed by atoms with Gasteiger partial charge in [0.15, 0.2) is 11.6 Å². The van der Waals surface area contributed by atoms with E-state index >= 15 is 0 Å². The van der Waals surface area contributed by atoms with Gasteiger partial charge in [-0.2, -0.15) is 14.9 Å². The van der Waals surface area contributed by atoms with Crippen LogP contribution in [-0.4, -0.2) is 33.1 Å². The van der Waals surface area contributed by atoms with Crippen LogP contribution in [-0.2, 0) is 6.42 Å². The van der Waals surface area contributed by atoms with E-state index in [1.54, 1.807) is 6.07 Å². The van der Waals surface area contributed by atoms with Crippen LogP contribution in [0.25, 0.3) is 0 Å². The van der Waals surface area contributed by atoms with Crippen molar-refractivity contribution >= 4 is 24.1 Å². The molecule has 2 rings (SSSR count). The van der Waals surface area contributed by atoms with E-state index in [1.807, 2.05) is 0 Å². The maximum absolute atomic E-state index is 11.0. The van der Waals surface area contributed by atoms with E-state index in [9.17, 15) is 10.1 Å². The summed E-state index contributed by atoms with van der Waals surface area (Å²) < 4.78 is 6.88. The van der Waals surface area contributed by atoms with Gasteiger partial charge in [-0.15, -0.1) is 0 Å². The lowest BCUT2D eigenvalue weighted by Gasteiger charge is -2.02. The molecule has 122 valence electrons. The van der Waals surface area contributed by atoms with Gasteiger partial charge in [0.25, 0.3) is 0 Å². The zero-order chi connectivity index (χ0) is 16.8. The number of rotatable bonds is 7. The minimum atomic E-state index is -0.494. The Morgan fingerprint density at radius 3 is 3.00 bits per heavy atom. The number of benzene rings is 1. The Kier molecular flexibility index (Phi) is 5.58. The Labute approximate surface area is 137 Å². The van der Waals surface area contributed by atoms with E-state index in [-0.39, 0.29) is 11.4 Å². The summed E-state index contributed by atoms with van der Waals surface area (Å²) in [6.07, 6.45) is 4.27. The molecular formula is C14H17N5O3S. The molecule has 0 aliphatic heterocycles. The lowest BCUT2D eigenvalue weighted by Crippen LogP contribution is -2.00. The lowest BCUT2D eigenvalue weighted by molar-refractivity contribution is -0.385. The second-order valence-electron chi connectivity index (χ2n) is 4.79. The number of nitro groups is 1. The highest BCUT2D eigenvalue weighted by Gasteiger charge is 2.14. The van der Waals surface area contributed by atoms with E-state index in [4.69, 9.17) is 17.0 Å². The largest absolute Gasteiger partial charge is 0.490 e. The van der Waals surface area contributed by atoms with Crippen molar-refractivity contribution in [3.8, 4) is 5.75 Å². The third-order valence-electron chi connectivity index (χ3n) is 3.19. The van der Waals surface area contributed by atoms with Crippen molar-refractivity contribution < 1.29 is 9.66 Å². The zero-order valence-corrected chi connectivity index (χ0v) is 13.7. The van der Waals surface area contributed by atoms with E-state index in [2.05, 4.69) is 22.2 Å². The van der Waals surface area contributed by atoms with Crippen molar-refractivity contribution in [2.75, 3.05) is 7.11 Å². The Morgan fingerprint density at radius 1 is 1.57 bits per heavy atom. The summed E-state index contributed by atoms with van der Waals surface area (Å²) in [5.74, 6) is 0.937. The average molecular weight is 335 g/mol. The number of hydrogen-bond acceptors (Lipinski definition) is 6. The molecule has 1 heterocycles. The van der Waals surface area contributed by atoms with Gasteiger partial charge in [-0.25, -0.2) is 0 Å². The normalized spacial score (nSPS) is 11.0. The highest BCUT2D eigenvalue weighted by Crippen LogP contribution is 2.26. The van der Waals surface area contributed by atoms with Gasteiger partial charge in [0.05, 0.1) is 18.2 Å². The van der Waals surface area contributed by atoms with Gasteiger partial charge >= 0.3 is 5.69 Å². The Morgan fingerprint density at radius 2 is 2.35 bits per heavy atom. The molecular weight excluding hydrogens is 318 g/mol. The first-order valence-corrected chi connectivity index (χ1v) is 7.50. The minimum Gasteiger partial charge on any atom is -0.490 e. The predicted molar refractivity (Wildman–Crippen MR) is 88.7 cm³/mol. The number of aryl methyl sites for hydroxylation is 1. The molecule has 2 aromatic rings. The summed E-state index contributed by atoms with van der Waals surface area (Å²) in [6, 6.07) is 4.62. The van der Waals surface area contributed by atoms with Gasteiger partial charge in [-0.3, -0.25) is 15.2 Å². The number of H-pyrrole nitrogens is 1. The number of nitrogens with zero attached hydrogens (tertiary/aromatic N) is 4. The molecule has 0 bridgehead atoms. The highest BCUT2D eigenvalue weighted by atomic mass is 32.1. The summed E-state index contributed by atoms with van der Waals surface area (Å²) in [5, 5.41) is 22.2. The van der Waals surface area contributed by atoms with Crippen LogP contribution >= 0.6 is 12.2 Å². The predicted octanol–water partition coefficient (Wildman–Crippen LogP) is 3.08. The number of nitrogens with one attached hydrogen (secondary N) is 1. The summed E-state index contributed by atoms with van der Waals surface area (Å²) in [4.78, 5) is 10.5. The SMILES string of the molecule is CCCCc1n[nH]c(=S)n1/N=C/c1ccc(OC)c([N+](=O)[O-])c1. The fourth-order valence-electron chi connectivity index (χ4n) is 1.99. The number of ether oxygens (including phenoxy) is 1. The van der Waals surface area contributed by atoms with Crippen molar-refractivity contribution in [3.63, 3.8) is 0 Å². The molecule has 0 spiro atoms. The number of aromatic nitrogens is 3. The first-order chi connectivity index (χ1) is 11.1. The molecule has 0 saturated heterocycles. The highest BCUT2D eigenvalue weighted by molar-refractivity contribution is 7.71. The van der Waals surface area contributed by atoms with E-state index < -0.39 is 4.92 Å². The van der Waals surface area contributed by atoms with E-state index in [0.717, 1.165) is 25.1 Å². The van der Waals surface area contributed by atoms with Gasteiger partial charge in [0.1, 0.15) is 0 Å². The van der Waals surface area contributed by atoms with Crippen molar-refractivity contribution in [2.24, 2.45) is 5.10 Å². The molecule has 0 atom stereocenters. The molecule has 1 N–H and O–H groups in total. The number of unbranched alkanes of at least 4 members (excludes halogenated alkanes) is 1. The average Bonchev–Trinajstić information content (AvgIpc) is 2.90. The molecule has 8 nitrogen and oxygen atoms in total.